The van der Waals surface area contributed by atoms with Crippen LogP contribution >= 0.6 is 22.9 Å². The fraction of sp³-hybridized carbons (Fsp3) is 0.333. The average molecular weight is 269 g/mol. The number of halogens is 1. The van der Waals surface area contributed by atoms with Gasteiger partial charge in [-0.3, -0.25) is 4.79 Å². The third-order valence-corrected chi connectivity index (χ3v) is 3.46. The van der Waals surface area contributed by atoms with E-state index >= 15 is 0 Å². The van der Waals surface area contributed by atoms with Gasteiger partial charge in [-0.1, -0.05) is 0 Å². The average Bonchev–Trinajstić information content (AvgIpc) is 2.76. The molecular weight excluding hydrogens is 256 g/mol. The van der Waals surface area contributed by atoms with Crippen molar-refractivity contribution in [3.05, 3.63) is 23.7 Å². The van der Waals surface area contributed by atoms with Crippen molar-refractivity contribution >= 4 is 44.7 Å². The topological polar surface area (TPSA) is 42.0 Å². The van der Waals surface area contributed by atoms with Gasteiger partial charge in [0.15, 0.2) is 0 Å². The molecule has 3 nitrogen and oxygen atoms in total. The van der Waals surface area contributed by atoms with Gasteiger partial charge < -0.3 is 5.32 Å². The van der Waals surface area contributed by atoms with Crippen molar-refractivity contribution in [3.8, 4) is 0 Å². The van der Waals surface area contributed by atoms with Crippen molar-refractivity contribution in [2.75, 3.05) is 11.2 Å². The molecule has 0 aliphatic rings. The molecule has 0 saturated carbocycles. The van der Waals surface area contributed by atoms with E-state index in [0.717, 1.165) is 28.7 Å². The summed E-state index contributed by atoms with van der Waals surface area (Å²) >= 11 is 7.13. The number of unbranched alkanes of at least 4 members (excludes halogenated alkanes) is 1. The summed E-state index contributed by atoms with van der Waals surface area (Å²) in [5, 5.41) is 2.88. The number of nitrogens with zero attached hydrogens (tertiary/aromatic N) is 1. The molecule has 0 radical (unpaired) electrons. The van der Waals surface area contributed by atoms with Gasteiger partial charge in [0.1, 0.15) is 0 Å². The standard InChI is InChI=1S/C12H13ClN2OS/c13-6-2-1-3-12(16)15-9-4-5-10-11(7-9)17-8-14-10/h4-5,7-8H,1-3,6H2,(H,15,16). The van der Waals surface area contributed by atoms with E-state index in [-0.39, 0.29) is 5.91 Å². The molecule has 0 bridgehead atoms. The van der Waals surface area contributed by atoms with E-state index in [4.69, 9.17) is 11.6 Å². The van der Waals surface area contributed by atoms with E-state index in [9.17, 15) is 4.79 Å². The molecule has 0 aliphatic heterocycles. The van der Waals surface area contributed by atoms with E-state index < -0.39 is 0 Å². The Bertz CT molecular complexity index is 512. The third kappa shape index (κ3) is 3.41. The van der Waals surface area contributed by atoms with Gasteiger partial charge >= 0.3 is 0 Å². The molecule has 90 valence electrons. The summed E-state index contributed by atoms with van der Waals surface area (Å²) in [6.45, 7) is 0. The van der Waals surface area contributed by atoms with Crippen LogP contribution in [0.15, 0.2) is 23.7 Å². The number of nitrogens with one attached hydrogen (secondary N) is 1. The lowest BCUT2D eigenvalue weighted by molar-refractivity contribution is -0.116. The zero-order valence-electron chi connectivity index (χ0n) is 9.28. The maximum absolute atomic E-state index is 11.6. The number of thiazole rings is 1. The minimum absolute atomic E-state index is 0.0407. The third-order valence-electron chi connectivity index (χ3n) is 2.40. The van der Waals surface area contributed by atoms with Crippen molar-refractivity contribution in [1.29, 1.82) is 0 Å². The minimum atomic E-state index is 0.0407. The Morgan fingerprint density at radius 1 is 1.41 bits per heavy atom. The molecule has 1 heterocycles. The lowest BCUT2D eigenvalue weighted by Crippen LogP contribution is -2.10. The molecule has 2 rings (SSSR count). The lowest BCUT2D eigenvalue weighted by Gasteiger charge is -2.04. The molecule has 1 amide bonds. The van der Waals surface area contributed by atoms with E-state index in [1.54, 1.807) is 16.8 Å². The highest BCUT2D eigenvalue weighted by molar-refractivity contribution is 7.16. The number of rotatable bonds is 5. The van der Waals surface area contributed by atoms with Crippen molar-refractivity contribution in [2.24, 2.45) is 0 Å². The van der Waals surface area contributed by atoms with Gasteiger partial charge in [0.2, 0.25) is 5.91 Å². The maximum Gasteiger partial charge on any atom is 0.224 e. The van der Waals surface area contributed by atoms with Crippen LogP contribution in [-0.4, -0.2) is 16.8 Å². The van der Waals surface area contributed by atoms with Gasteiger partial charge in [0, 0.05) is 18.0 Å². The molecule has 2 aromatic rings. The highest BCUT2D eigenvalue weighted by Gasteiger charge is 2.03. The van der Waals surface area contributed by atoms with E-state index in [2.05, 4.69) is 10.3 Å². The van der Waals surface area contributed by atoms with Crippen molar-refractivity contribution < 1.29 is 4.79 Å². The number of alkyl halides is 1. The summed E-state index contributed by atoms with van der Waals surface area (Å²) in [6.07, 6.45) is 2.23. The monoisotopic (exact) mass is 268 g/mol. The zero-order valence-corrected chi connectivity index (χ0v) is 10.9. The zero-order chi connectivity index (χ0) is 12.1. The van der Waals surface area contributed by atoms with Crippen LogP contribution in [0.2, 0.25) is 0 Å². The Morgan fingerprint density at radius 2 is 2.29 bits per heavy atom. The van der Waals surface area contributed by atoms with Crippen LogP contribution in [0, 0.1) is 0 Å². The number of hydrogen-bond acceptors (Lipinski definition) is 3. The van der Waals surface area contributed by atoms with Crippen LogP contribution in [0.4, 0.5) is 5.69 Å². The summed E-state index contributed by atoms with van der Waals surface area (Å²) in [4.78, 5) is 15.8. The van der Waals surface area contributed by atoms with Gasteiger partial charge in [-0.2, -0.15) is 0 Å². The van der Waals surface area contributed by atoms with Gasteiger partial charge in [0.25, 0.3) is 0 Å². The molecule has 5 heteroatoms. The van der Waals surface area contributed by atoms with E-state index in [1.165, 1.54) is 0 Å². The van der Waals surface area contributed by atoms with Gasteiger partial charge in [-0.05, 0) is 31.0 Å². The quantitative estimate of drug-likeness (QED) is 0.664. The number of benzene rings is 1. The Kier molecular flexibility index (Phi) is 4.34. The molecule has 17 heavy (non-hydrogen) atoms. The van der Waals surface area contributed by atoms with Gasteiger partial charge in [0.05, 0.1) is 15.7 Å². The second kappa shape index (κ2) is 5.98. The number of anilines is 1. The van der Waals surface area contributed by atoms with Gasteiger partial charge in [-0.15, -0.1) is 22.9 Å². The first-order valence-electron chi connectivity index (χ1n) is 5.48. The fourth-order valence-corrected chi connectivity index (χ4v) is 2.44. The first kappa shape index (κ1) is 12.3. The number of hydrogen-bond donors (Lipinski definition) is 1. The van der Waals surface area contributed by atoms with Crippen molar-refractivity contribution in [1.82, 2.24) is 4.98 Å². The molecule has 0 aliphatic carbocycles. The predicted octanol–water partition coefficient (Wildman–Crippen LogP) is 3.64. The molecule has 0 unspecified atom stereocenters. The Balaban J connectivity index is 1.95. The van der Waals surface area contributed by atoms with Crippen LogP contribution in [0.5, 0.6) is 0 Å². The van der Waals surface area contributed by atoms with Crippen LogP contribution < -0.4 is 5.32 Å². The highest BCUT2D eigenvalue weighted by atomic mass is 35.5. The van der Waals surface area contributed by atoms with Crippen molar-refractivity contribution in [3.63, 3.8) is 0 Å². The summed E-state index contributed by atoms with van der Waals surface area (Å²) in [5.41, 5.74) is 3.60. The predicted molar refractivity (Wildman–Crippen MR) is 72.8 cm³/mol. The summed E-state index contributed by atoms with van der Waals surface area (Å²) in [7, 11) is 0. The first-order valence-corrected chi connectivity index (χ1v) is 6.90. The number of aromatic nitrogens is 1. The van der Waals surface area contributed by atoms with Gasteiger partial charge in [-0.25, -0.2) is 4.98 Å². The normalized spacial score (nSPS) is 10.6. The molecule has 0 spiro atoms. The summed E-state index contributed by atoms with van der Waals surface area (Å²) < 4.78 is 1.09. The molecule has 1 aromatic heterocycles. The second-order valence-electron chi connectivity index (χ2n) is 3.73. The Labute approximate surface area is 109 Å². The van der Waals surface area contributed by atoms with Crippen LogP contribution in [0.1, 0.15) is 19.3 Å². The number of carbonyl (C=O) groups excluding carboxylic acids is 1. The largest absolute Gasteiger partial charge is 0.326 e. The number of amides is 1. The molecule has 0 fully saturated rings. The van der Waals surface area contributed by atoms with Crippen LogP contribution in [0.25, 0.3) is 10.2 Å². The van der Waals surface area contributed by atoms with Crippen LogP contribution in [-0.2, 0) is 4.79 Å². The highest BCUT2D eigenvalue weighted by Crippen LogP contribution is 2.21. The second-order valence-corrected chi connectivity index (χ2v) is 4.99. The molecule has 0 saturated heterocycles. The minimum Gasteiger partial charge on any atom is -0.326 e. The van der Waals surface area contributed by atoms with E-state index in [0.29, 0.717) is 12.3 Å². The first-order chi connectivity index (χ1) is 8.29. The Hall–Kier alpha value is -1.13. The van der Waals surface area contributed by atoms with Crippen LogP contribution in [0.3, 0.4) is 0 Å². The lowest BCUT2D eigenvalue weighted by atomic mass is 10.2. The smallest absolute Gasteiger partial charge is 0.224 e. The van der Waals surface area contributed by atoms with E-state index in [1.807, 2.05) is 18.2 Å². The molecule has 1 N–H and O–H groups in total. The SMILES string of the molecule is O=C(CCCCCl)Nc1ccc2ncsc2c1. The molecular formula is C12H13ClN2OS. The van der Waals surface area contributed by atoms with Crippen molar-refractivity contribution in [2.45, 2.75) is 19.3 Å². The number of carbonyl (C=O) groups is 1. The Morgan fingerprint density at radius 3 is 3.12 bits per heavy atom. The maximum atomic E-state index is 11.6. The fourth-order valence-electron chi connectivity index (χ4n) is 1.54. The summed E-state index contributed by atoms with van der Waals surface area (Å²) in [6, 6.07) is 5.74. The number of fused-ring (bicyclic) bond motifs is 1. The summed E-state index contributed by atoms with van der Waals surface area (Å²) in [5.74, 6) is 0.652. The molecule has 0 atom stereocenters. The molecule has 1 aromatic carbocycles.